The lowest BCUT2D eigenvalue weighted by Crippen LogP contribution is -2.29. The number of aromatic nitrogens is 2. The van der Waals surface area contributed by atoms with Gasteiger partial charge in [-0.15, -0.1) is 11.3 Å². The molecule has 0 bridgehead atoms. The third kappa shape index (κ3) is 2.20. The van der Waals surface area contributed by atoms with Gasteiger partial charge in [0.1, 0.15) is 9.70 Å². The van der Waals surface area contributed by atoms with Gasteiger partial charge in [0.2, 0.25) is 5.88 Å². The van der Waals surface area contributed by atoms with E-state index in [9.17, 15) is 4.79 Å². The van der Waals surface area contributed by atoms with E-state index in [1.807, 2.05) is 12.1 Å². The fourth-order valence-electron chi connectivity index (χ4n) is 4.01. The average Bonchev–Trinajstić information content (AvgIpc) is 3.22. The van der Waals surface area contributed by atoms with Gasteiger partial charge in [0.25, 0.3) is 5.56 Å². The lowest BCUT2D eigenvalue weighted by molar-refractivity contribution is 0.330. The zero-order chi connectivity index (χ0) is 17.2. The molecule has 25 heavy (non-hydrogen) atoms. The van der Waals surface area contributed by atoms with Gasteiger partial charge in [-0.3, -0.25) is 9.69 Å². The van der Waals surface area contributed by atoms with Gasteiger partial charge in [0.05, 0.1) is 18.1 Å². The van der Waals surface area contributed by atoms with E-state index in [1.54, 1.807) is 6.26 Å². The largest absolute Gasteiger partial charge is 0.448 e. The summed E-state index contributed by atoms with van der Waals surface area (Å²) >= 11 is 1.51. The molecule has 0 fully saturated rings. The number of furan rings is 1. The number of aromatic amines is 1. The average molecular weight is 353 g/mol. The van der Waals surface area contributed by atoms with Crippen LogP contribution in [0.4, 0.5) is 10.9 Å². The lowest BCUT2D eigenvalue weighted by Gasteiger charge is -2.38. The van der Waals surface area contributed by atoms with Crippen LogP contribution in [0.3, 0.4) is 0 Å². The first-order valence-corrected chi connectivity index (χ1v) is 9.38. The fraction of sp³-hybridized carbons (Fsp3) is 0.368. The molecule has 128 valence electrons. The van der Waals surface area contributed by atoms with Gasteiger partial charge in [-0.1, -0.05) is 13.8 Å². The molecule has 0 radical (unpaired) electrons. The van der Waals surface area contributed by atoms with Crippen LogP contribution in [-0.2, 0) is 0 Å². The third-order valence-electron chi connectivity index (χ3n) is 5.31. The Kier molecular flexibility index (Phi) is 3.04. The van der Waals surface area contributed by atoms with Gasteiger partial charge in [-0.05, 0) is 41.9 Å². The first-order valence-electron chi connectivity index (χ1n) is 8.56. The maximum absolute atomic E-state index is 12.3. The van der Waals surface area contributed by atoms with E-state index in [0.717, 1.165) is 41.4 Å². The minimum absolute atomic E-state index is 0.0685. The Morgan fingerprint density at radius 2 is 2.28 bits per heavy atom. The molecule has 1 aliphatic carbocycles. The van der Waals surface area contributed by atoms with Crippen molar-refractivity contribution in [2.45, 2.75) is 33.1 Å². The minimum atomic E-state index is -0.0685. The van der Waals surface area contributed by atoms with Crippen LogP contribution >= 0.6 is 11.3 Å². The van der Waals surface area contributed by atoms with E-state index in [0.29, 0.717) is 4.70 Å². The van der Waals surface area contributed by atoms with Crippen LogP contribution < -0.4 is 10.5 Å². The second-order valence-corrected chi connectivity index (χ2v) is 8.65. The predicted molar refractivity (Wildman–Crippen MR) is 101 cm³/mol. The Hall–Kier alpha value is -2.34. The SMILES string of the molecule is CC1(C)CCC2=C(C1)c1c(sc3c(=O)[nH]cnc13)N(c1ccco1)C2. The predicted octanol–water partition coefficient (Wildman–Crippen LogP) is 4.69. The molecule has 0 unspecified atom stereocenters. The van der Waals surface area contributed by atoms with Gasteiger partial charge >= 0.3 is 0 Å². The summed E-state index contributed by atoms with van der Waals surface area (Å²) in [5.74, 6) is 0.820. The Morgan fingerprint density at radius 1 is 1.40 bits per heavy atom. The number of fused-ring (bicyclic) bond motifs is 4. The van der Waals surface area contributed by atoms with Crippen molar-refractivity contribution >= 4 is 38.0 Å². The zero-order valence-electron chi connectivity index (χ0n) is 14.3. The smallest absolute Gasteiger partial charge is 0.268 e. The molecule has 2 aliphatic rings. The highest BCUT2D eigenvalue weighted by Gasteiger charge is 2.37. The highest BCUT2D eigenvalue weighted by molar-refractivity contribution is 7.23. The van der Waals surface area contributed by atoms with Gasteiger partial charge in [-0.25, -0.2) is 4.98 Å². The summed E-state index contributed by atoms with van der Waals surface area (Å²) in [4.78, 5) is 21.8. The van der Waals surface area contributed by atoms with Crippen LogP contribution in [0.2, 0.25) is 0 Å². The Labute approximate surface area is 149 Å². The molecular weight excluding hydrogens is 334 g/mol. The van der Waals surface area contributed by atoms with Crippen molar-refractivity contribution in [3.8, 4) is 0 Å². The highest BCUT2D eigenvalue weighted by atomic mass is 32.1. The summed E-state index contributed by atoms with van der Waals surface area (Å²) in [6.07, 6.45) is 6.50. The molecule has 0 atom stereocenters. The zero-order valence-corrected chi connectivity index (χ0v) is 15.1. The molecule has 5 nitrogen and oxygen atoms in total. The number of nitrogens with one attached hydrogen (secondary N) is 1. The van der Waals surface area contributed by atoms with E-state index in [4.69, 9.17) is 4.42 Å². The number of anilines is 2. The third-order valence-corrected chi connectivity index (χ3v) is 6.51. The standard InChI is InChI=1S/C19H19N3O2S/c1-19(2)6-5-11-9-22(13-4-3-7-24-13)18-14(12(11)8-19)15-16(25-18)17(23)21-10-20-15/h3-4,7,10H,5-6,8-9H2,1-2H3,(H,20,21,23). The van der Waals surface area contributed by atoms with Crippen molar-refractivity contribution < 1.29 is 4.42 Å². The van der Waals surface area contributed by atoms with E-state index in [-0.39, 0.29) is 11.0 Å². The first-order chi connectivity index (χ1) is 12.0. The van der Waals surface area contributed by atoms with Gasteiger partial charge < -0.3 is 9.40 Å². The number of allylic oxidation sites excluding steroid dienone is 1. The monoisotopic (exact) mass is 353 g/mol. The number of hydrogen-bond donors (Lipinski definition) is 1. The summed E-state index contributed by atoms with van der Waals surface area (Å²) in [5, 5.41) is 1.07. The maximum atomic E-state index is 12.3. The molecule has 0 saturated carbocycles. The molecule has 0 spiro atoms. The van der Waals surface area contributed by atoms with Gasteiger partial charge in [0.15, 0.2) is 0 Å². The fourth-order valence-corrected chi connectivity index (χ4v) is 5.19. The summed E-state index contributed by atoms with van der Waals surface area (Å²) < 4.78 is 6.38. The van der Waals surface area contributed by atoms with Gasteiger partial charge in [-0.2, -0.15) is 0 Å². The molecule has 5 rings (SSSR count). The van der Waals surface area contributed by atoms with Crippen LogP contribution in [0, 0.1) is 5.41 Å². The quantitative estimate of drug-likeness (QED) is 0.689. The normalized spacial score (nSPS) is 19.2. The first kappa shape index (κ1) is 15.0. The molecule has 6 heteroatoms. The Bertz CT molecular complexity index is 1060. The van der Waals surface area contributed by atoms with Crippen molar-refractivity contribution in [2.24, 2.45) is 5.41 Å². The summed E-state index contributed by atoms with van der Waals surface area (Å²) in [6.45, 7) is 5.48. The number of rotatable bonds is 1. The molecule has 3 aromatic rings. The molecule has 1 N–H and O–H groups in total. The van der Waals surface area contributed by atoms with Crippen LogP contribution in [0.1, 0.15) is 38.7 Å². The molecular formula is C19H19N3O2S. The summed E-state index contributed by atoms with van der Waals surface area (Å²) in [6, 6.07) is 3.88. The van der Waals surface area contributed by atoms with Gasteiger partial charge in [0, 0.05) is 18.2 Å². The topological polar surface area (TPSA) is 62.1 Å². The van der Waals surface area contributed by atoms with Crippen molar-refractivity contribution in [1.29, 1.82) is 0 Å². The highest BCUT2D eigenvalue weighted by Crippen LogP contribution is 2.53. The van der Waals surface area contributed by atoms with Crippen LogP contribution in [-0.4, -0.2) is 16.5 Å². The number of thiophene rings is 1. The van der Waals surface area contributed by atoms with Crippen molar-refractivity contribution in [3.05, 3.63) is 46.2 Å². The minimum Gasteiger partial charge on any atom is -0.448 e. The second kappa shape index (κ2) is 5.08. The second-order valence-electron chi connectivity index (χ2n) is 7.65. The Morgan fingerprint density at radius 3 is 3.08 bits per heavy atom. The van der Waals surface area contributed by atoms with E-state index < -0.39 is 0 Å². The van der Waals surface area contributed by atoms with E-state index in [2.05, 4.69) is 28.7 Å². The van der Waals surface area contributed by atoms with Crippen LogP contribution in [0.5, 0.6) is 0 Å². The summed E-state index contributed by atoms with van der Waals surface area (Å²) in [7, 11) is 0. The summed E-state index contributed by atoms with van der Waals surface area (Å²) in [5.41, 5.74) is 5.00. The van der Waals surface area contributed by atoms with Crippen LogP contribution in [0.25, 0.3) is 15.8 Å². The number of hydrogen-bond acceptors (Lipinski definition) is 5. The molecule has 3 aromatic heterocycles. The van der Waals surface area contributed by atoms with Crippen molar-refractivity contribution in [2.75, 3.05) is 11.4 Å². The molecule has 0 aromatic carbocycles. The Balaban J connectivity index is 1.81. The van der Waals surface area contributed by atoms with Crippen LogP contribution in [0.15, 0.2) is 39.5 Å². The molecule has 4 heterocycles. The van der Waals surface area contributed by atoms with E-state index in [1.165, 1.54) is 35.2 Å². The number of nitrogens with zero attached hydrogens (tertiary/aromatic N) is 2. The molecule has 0 amide bonds. The molecule has 1 aliphatic heterocycles. The lowest BCUT2D eigenvalue weighted by atomic mass is 9.71. The van der Waals surface area contributed by atoms with E-state index >= 15 is 0 Å². The molecule has 0 saturated heterocycles. The van der Waals surface area contributed by atoms with Crippen molar-refractivity contribution in [1.82, 2.24) is 9.97 Å². The number of H-pyrrole nitrogens is 1. The maximum Gasteiger partial charge on any atom is 0.268 e. The van der Waals surface area contributed by atoms with Crippen molar-refractivity contribution in [3.63, 3.8) is 0 Å².